The molecule has 3 saturated carbocycles. The van der Waals surface area contributed by atoms with Crippen LogP contribution in [0.4, 0.5) is 16.2 Å². The number of nitrogens with one attached hydrogen (secondary N) is 1. The van der Waals surface area contributed by atoms with Gasteiger partial charge in [0.15, 0.2) is 0 Å². The summed E-state index contributed by atoms with van der Waals surface area (Å²) in [5.41, 5.74) is 1.43. The van der Waals surface area contributed by atoms with Crippen molar-refractivity contribution in [2.75, 3.05) is 10.2 Å². The van der Waals surface area contributed by atoms with Crippen LogP contribution in [-0.4, -0.2) is 57.4 Å². The third-order valence-electron chi connectivity index (χ3n) is 11.1. The van der Waals surface area contributed by atoms with Gasteiger partial charge in [-0.15, -0.1) is 0 Å². The van der Waals surface area contributed by atoms with Crippen LogP contribution in [-0.2, 0) is 4.79 Å². The second kappa shape index (κ2) is 13.8. The third-order valence-corrected chi connectivity index (χ3v) is 11.1. The molecule has 6 atom stereocenters. The Balaban J connectivity index is 0.00000165. The topological polar surface area (TPSA) is 93.1 Å². The van der Waals surface area contributed by atoms with Gasteiger partial charge < -0.3 is 15.1 Å². The number of para-hydroxylation sites is 2. The van der Waals surface area contributed by atoms with Gasteiger partial charge in [-0.3, -0.25) is 15.0 Å². The fourth-order valence-electron chi connectivity index (χ4n) is 9.55. The molecule has 7 nitrogen and oxygen atoms in total. The molecule has 1 amide bonds. The fourth-order valence-corrected chi connectivity index (χ4v) is 9.55. The molecule has 5 aliphatic rings. The summed E-state index contributed by atoms with van der Waals surface area (Å²) in [6.07, 6.45) is 18.1. The smallest absolute Gasteiger partial charge is 0.409 e. The number of carboxylic acid groups (broad SMARTS) is 2. The third kappa shape index (κ3) is 6.71. The quantitative estimate of drug-likeness (QED) is 0.323. The Bertz CT molecular complexity index is 1000. The number of piperidine rings is 2. The van der Waals surface area contributed by atoms with E-state index in [-0.39, 0.29) is 12.1 Å². The van der Waals surface area contributed by atoms with Crippen LogP contribution in [0.5, 0.6) is 0 Å². The molecule has 5 fully saturated rings. The molecule has 1 aromatic carbocycles. The number of benzene rings is 1. The summed E-state index contributed by atoms with van der Waals surface area (Å²) in [4.78, 5) is 29.6. The summed E-state index contributed by atoms with van der Waals surface area (Å²) in [5, 5.41) is 22.5. The molecule has 2 aliphatic heterocycles. The highest BCUT2D eigenvalue weighted by atomic mass is 16.4. The highest BCUT2D eigenvalue weighted by Gasteiger charge is 2.47. The molecule has 7 heteroatoms. The van der Waals surface area contributed by atoms with Gasteiger partial charge in [-0.2, -0.15) is 0 Å². The first-order valence-electron chi connectivity index (χ1n) is 16.9. The van der Waals surface area contributed by atoms with Gasteiger partial charge in [0, 0.05) is 30.2 Å². The Hall–Kier alpha value is -2.28. The van der Waals surface area contributed by atoms with E-state index in [4.69, 9.17) is 0 Å². The molecule has 2 heterocycles. The molecule has 0 aromatic heterocycles. The van der Waals surface area contributed by atoms with Crippen molar-refractivity contribution in [2.45, 2.75) is 147 Å². The summed E-state index contributed by atoms with van der Waals surface area (Å²) < 4.78 is 0. The van der Waals surface area contributed by atoms with Crippen LogP contribution in [0.1, 0.15) is 117 Å². The van der Waals surface area contributed by atoms with Crippen molar-refractivity contribution >= 4 is 23.4 Å². The fraction of sp³-hybridized carbons (Fsp3) is 0.765. The average molecular weight is 568 g/mol. The number of carboxylic acids is 1. The lowest BCUT2D eigenvalue weighted by molar-refractivity contribution is -0.143. The Morgan fingerprint density at radius 3 is 2.00 bits per heavy atom. The SMILES string of the molecule is CC.O=C(O)Nc1ccccc1N(C1CC2CCCC(C1)N2C1CC2CCCC(CC2)C1)C1CCCCC1C(=O)O. The molecular weight excluding hydrogens is 514 g/mol. The minimum Gasteiger partial charge on any atom is -0.481 e. The normalized spacial score (nSPS) is 35.3. The summed E-state index contributed by atoms with van der Waals surface area (Å²) in [5.74, 6) is 0.654. The van der Waals surface area contributed by atoms with E-state index in [0.29, 0.717) is 30.2 Å². The number of fused-ring (bicyclic) bond motifs is 5. The van der Waals surface area contributed by atoms with E-state index in [2.05, 4.69) is 15.1 Å². The molecule has 3 aliphatic carbocycles. The zero-order chi connectivity index (χ0) is 28.9. The van der Waals surface area contributed by atoms with E-state index < -0.39 is 18.0 Å². The van der Waals surface area contributed by atoms with E-state index in [1.165, 1.54) is 64.2 Å². The number of hydrogen-bond donors (Lipinski definition) is 3. The first-order chi connectivity index (χ1) is 20.0. The molecule has 0 radical (unpaired) electrons. The van der Waals surface area contributed by atoms with Crippen LogP contribution >= 0.6 is 0 Å². The number of rotatable bonds is 6. The van der Waals surface area contributed by atoms with Crippen molar-refractivity contribution in [1.82, 2.24) is 4.90 Å². The van der Waals surface area contributed by atoms with Gasteiger partial charge in [0.1, 0.15) is 0 Å². The molecule has 3 N–H and O–H groups in total. The largest absolute Gasteiger partial charge is 0.481 e. The Kier molecular flexibility index (Phi) is 10.2. The van der Waals surface area contributed by atoms with Crippen molar-refractivity contribution in [3.8, 4) is 0 Å². The Morgan fingerprint density at radius 1 is 0.756 bits per heavy atom. The van der Waals surface area contributed by atoms with E-state index >= 15 is 0 Å². The number of aliphatic carboxylic acids is 1. The predicted octanol–water partition coefficient (Wildman–Crippen LogP) is 8.00. The lowest BCUT2D eigenvalue weighted by atomic mass is 9.75. The molecule has 4 bridgehead atoms. The number of carbonyl (C=O) groups is 2. The zero-order valence-electron chi connectivity index (χ0n) is 25.3. The van der Waals surface area contributed by atoms with Crippen molar-refractivity contribution < 1.29 is 19.8 Å². The summed E-state index contributed by atoms with van der Waals surface area (Å²) in [6.45, 7) is 4.00. The lowest BCUT2D eigenvalue weighted by Crippen LogP contribution is -2.62. The van der Waals surface area contributed by atoms with E-state index in [1.807, 2.05) is 38.1 Å². The molecule has 2 saturated heterocycles. The van der Waals surface area contributed by atoms with Gasteiger partial charge in [-0.05, 0) is 75.3 Å². The summed E-state index contributed by atoms with van der Waals surface area (Å²) >= 11 is 0. The maximum atomic E-state index is 12.5. The average Bonchev–Trinajstić information content (AvgIpc) is 3.30. The maximum Gasteiger partial charge on any atom is 0.409 e. The second-order valence-corrected chi connectivity index (χ2v) is 13.3. The van der Waals surface area contributed by atoms with Crippen molar-refractivity contribution in [2.24, 2.45) is 17.8 Å². The maximum absolute atomic E-state index is 12.5. The molecule has 1 aromatic rings. The van der Waals surface area contributed by atoms with E-state index in [1.54, 1.807) is 0 Å². The number of amides is 1. The highest BCUT2D eigenvalue weighted by Crippen LogP contribution is 2.47. The highest BCUT2D eigenvalue weighted by molar-refractivity contribution is 5.89. The molecular formula is C34H53N3O4. The lowest BCUT2D eigenvalue weighted by Gasteiger charge is -2.56. The standard InChI is InChI=1S/C32H47N3O4.C2H6/c36-31(37)27-11-1-3-13-29(27)35(30-14-4-2-12-28(30)33-32(38)39)26-19-23-9-6-10-24(20-26)34(23)25-17-21-7-5-8-22(18-25)16-15-21;1-2/h2,4,12,14,21-27,29,33H,1,3,5-11,13,15-20H2,(H,36,37)(H,38,39);1-2H3. The number of nitrogens with zero attached hydrogens (tertiary/aromatic N) is 2. The monoisotopic (exact) mass is 567 g/mol. The van der Waals surface area contributed by atoms with Crippen molar-refractivity contribution in [1.29, 1.82) is 0 Å². The van der Waals surface area contributed by atoms with Gasteiger partial charge >= 0.3 is 12.1 Å². The molecule has 6 unspecified atom stereocenters. The van der Waals surface area contributed by atoms with Crippen LogP contribution in [0.25, 0.3) is 0 Å². The van der Waals surface area contributed by atoms with Crippen LogP contribution in [0, 0.1) is 17.8 Å². The second-order valence-electron chi connectivity index (χ2n) is 13.3. The molecule has 6 rings (SSSR count). The molecule has 41 heavy (non-hydrogen) atoms. The minimum atomic E-state index is -1.08. The van der Waals surface area contributed by atoms with Crippen LogP contribution < -0.4 is 10.2 Å². The Labute approximate surface area is 247 Å². The van der Waals surface area contributed by atoms with Gasteiger partial charge in [-0.1, -0.05) is 77.3 Å². The summed E-state index contributed by atoms with van der Waals surface area (Å²) in [6, 6.07) is 9.57. The number of hydrogen-bond acceptors (Lipinski definition) is 4. The van der Waals surface area contributed by atoms with Crippen LogP contribution in [0.3, 0.4) is 0 Å². The molecule has 0 spiro atoms. The van der Waals surface area contributed by atoms with Crippen LogP contribution in [0.15, 0.2) is 24.3 Å². The van der Waals surface area contributed by atoms with Gasteiger partial charge in [0.05, 0.1) is 17.3 Å². The van der Waals surface area contributed by atoms with Crippen molar-refractivity contribution in [3.63, 3.8) is 0 Å². The van der Waals surface area contributed by atoms with Crippen molar-refractivity contribution in [3.05, 3.63) is 24.3 Å². The first kappa shape index (κ1) is 30.2. The number of anilines is 2. The van der Waals surface area contributed by atoms with E-state index in [9.17, 15) is 19.8 Å². The zero-order valence-corrected chi connectivity index (χ0v) is 25.3. The van der Waals surface area contributed by atoms with E-state index in [0.717, 1.165) is 49.6 Å². The van der Waals surface area contributed by atoms with Crippen LogP contribution in [0.2, 0.25) is 0 Å². The summed E-state index contributed by atoms with van der Waals surface area (Å²) in [7, 11) is 0. The van der Waals surface area contributed by atoms with Gasteiger partial charge in [0.25, 0.3) is 0 Å². The first-order valence-corrected chi connectivity index (χ1v) is 16.9. The van der Waals surface area contributed by atoms with Gasteiger partial charge in [-0.25, -0.2) is 4.79 Å². The Morgan fingerprint density at radius 2 is 1.37 bits per heavy atom. The molecule has 228 valence electrons. The minimum absolute atomic E-state index is 0.109. The predicted molar refractivity (Wildman–Crippen MR) is 165 cm³/mol. The van der Waals surface area contributed by atoms with Gasteiger partial charge in [0.2, 0.25) is 0 Å².